The molecule has 0 atom stereocenters. The molecule has 38 heavy (non-hydrogen) atoms. The Balaban J connectivity index is 1.31. The van der Waals surface area contributed by atoms with Gasteiger partial charge >= 0.3 is 0 Å². The van der Waals surface area contributed by atoms with Gasteiger partial charge in [0.2, 0.25) is 0 Å². The maximum absolute atomic E-state index is 13.3. The van der Waals surface area contributed by atoms with Crippen LogP contribution in [-0.2, 0) is 6.42 Å². The number of benzene rings is 3. The number of carbonyl (C=O) groups is 1. The number of carbonyl (C=O) groups excluding carboxylic acids is 1. The van der Waals surface area contributed by atoms with Crippen molar-refractivity contribution in [3.63, 3.8) is 0 Å². The van der Waals surface area contributed by atoms with E-state index in [1.54, 1.807) is 18.3 Å². The summed E-state index contributed by atoms with van der Waals surface area (Å²) in [6, 6.07) is 25.8. The van der Waals surface area contributed by atoms with E-state index in [2.05, 4.69) is 20.5 Å². The first-order valence-electron chi connectivity index (χ1n) is 12.3. The zero-order valence-corrected chi connectivity index (χ0v) is 21.9. The van der Waals surface area contributed by atoms with Crippen molar-refractivity contribution < 1.29 is 9.18 Å². The number of aromatic amines is 1. The van der Waals surface area contributed by atoms with Gasteiger partial charge in [-0.2, -0.15) is 5.10 Å². The van der Waals surface area contributed by atoms with Crippen molar-refractivity contribution in [2.75, 3.05) is 0 Å². The second-order valence-electron chi connectivity index (χ2n) is 9.64. The van der Waals surface area contributed by atoms with E-state index in [4.69, 9.17) is 0 Å². The van der Waals surface area contributed by atoms with E-state index in [9.17, 15) is 9.18 Å². The molecule has 7 heteroatoms. The second-order valence-corrected chi connectivity index (χ2v) is 10.8. The van der Waals surface area contributed by atoms with Crippen molar-refractivity contribution >= 4 is 40.7 Å². The molecule has 0 saturated heterocycles. The van der Waals surface area contributed by atoms with Gasteiger partial charge in [0.25, 0.3) is 5.91 Å². The summed E-state index contributed by atoms with van der Waals surface area (Å²) in [5.74, 6) is -0.420. The Hall–Kier alpha value is -4.23. The molecule has 190 valence electrons. The van der Waals surface area contributed by atoms with Crippen molar-refractivity contribution in [2.24, 2.45) is 0 Å². The van der Waals surface area contributed by atoms with Gasteiger partial charge in [0.05, 0.1) is 22.5 Å². The normalized spacial score (nSPS) is 11.8. The average Bonchev–Trinajstić information content (AvgIpc) is 3.31. The van der Waals surface area contributed by atoms with Gasteiger partial charge in [0.1, 0.15) is 5.82 Å². The SMILES string of the molecule is CC(C)(Cc1ccc(F)cc1)NC(=O)c1ccccc1Sc1ccc2c(/C=C/c3ccccn3)n[nH]c2c1. The number of nitrogens with zero attached hydrogens (tertiary/aromatic N) is 2. The first-order valence-corrected chi connectivity index (χ1v) is 13.1. The zero-order valence-electron chi connectivity index (χ0n) is 21.1. The highest BCUT2D eigenvalue weighted by Gasteiger charge is 2.23. The minimum Gasteiger partial charge on any atom is -0.347 e. The smallest absolute Gasteiger partial charge is 0.252 e. The highest BCUT2D eigenvalue weighted by atomic mass is 32.2. The maximum Gasteiger partial charge on any atom is 0.252 e. The third-order valence-electron chi connectivity index (χ3n) is 6.03. The van der Waals surface area contributed by atoms with Crippen LogP contribution >= 0.6 is 11.8 Å². The molecule has 5 aromatic rings. The molecule has 0 unspecified atom stereocenters. The van der Waals surface area contributed by atoms with Crippen LogP contribution in [0.15, 0.2) is 101 Å². The molecule has 0 spiro atoms. The zero-order chi connectivity index (χ0) is 26.5. The third kappa shape index (κ3) is 6.18. The molecule has 0 aliphatic heterocycles. The molecule has 3 aromatic carbocycles. The van der Waals surface area contributed by atoms with Gasteiger partial charge in [-0.25, -0.2) is 4.39 Å². The van der Waals surface area contributed by atoms with Crippen LogP contribution in [0.1, 0.15) is 41.2 Å². The molecule has 5 rings (SSSR count). The number of rotatable bonds is 8. The Labute approximate surface area is 225 Å². The number of fused-ring (bicyclic) bond motifs is 1. The molecule has 2 heterocycles. The maximum atomic E-state index is 13.3. The van der Waals surface area contributed by atoms with E-state index < -0.39 is 5.54 Å². The van der Waals surface area contributed by atoms with E-state index in [1.165, 1.54) is 23.9 Å². The van der Waals surface area contributed by atoms with E-state index in [0.29, 0.717) is 12.0 Å². The van der Waals surface area contributed by atoms with Crippen LogP contribution in [-0.4, -0.2) is 26.6 Å². The third-order valence-corrected chi connectivity index (χ3v) is 7.10. The predicted molar refractivity (Wildman–Crippen MR) is 151 cm³/mol. The molecule has 0 aliphatic carbocycles. The van der Waals surface area contributed by atoms with Crippen LogP contribution in [0.2, 0.25) is 0 Å². The molecule has 5 nitrogen and oxygen atoms in total. The van der Waals surface area contributed by atoms with Crippen LogP contribution < -0.4 is 5.32 Å². The summed E-state index contributed by atoms with van der Waals surface area (Å²) in [6.07, 6.45) is 6.23. The number of amides is 1. The van der Waals surface area contributed by atoms with Crippen molar-refractivity contribution in [1.29, 1.82) is 0 Å². The Morgan fingerprint density at radius 2 is 1.79 bits per heavy atom. The molecule has 1 amide bonds. The Morgan fingerprint density at radius 3 is 2.58 bits per heavy atom. The molecule has 0 saturated carbocycles. The monoisotopic (exact) mass is 522 g/mol. The quantitative estimate of drug-likeness (QED) is 0.227. The number of halogens is 1. The van der Waals surface area contributed by atoms with Gasteiger partial charge in [-0.05, 0) is 92.6 Å². The van der Waals surface area contributed by atoms with E-state index in [0.717, 1.165) is 37.6 Å². The van der Waals surface area contributed by atoms with Crippen molar-refractivity contribution in [3.8, 4) is 0 Å². The molecule has 2 aromatic heterocycles. The molecular weight excluding hydrogens is 495 g/mol. The van der Waals surface area contributed by atoms with E-state index in [-0.39, 0.29) is 11.7 Å². The standard InChI is InChI=1S/C31H27FN4OS/c1-31(2,20-21-10-12-22(32)13-11-21)34-30(37)26-8-3-4-9-29(26)38-24-15-16-25-27(35-36-28(25)19-24)17-14-23-7-5-6-18-33-23/h3-19H,20H2,1-2H3,(H,34,37)(H,35,36)/b17-14+. The molecule has 0 radical (unpaired) electrons. The largest absolute Gasteiger partial charge is 0.347 e. The van der Waals surface area contributed by atoms with Gasteiger partial charge in [0.15, 0.2) is 0 Å². The summed E-state index contributed by atoms with van der Waals surface area (Å²) in [7, 11) is 0. The van der Waals surface area contributed by atoms with Crippen molar-refractivity contribution in [2.45, 2.75) is 35.6 Å². The fraction of sp³-hybridized carbons (Fsp3) is 0.129. The lowest BCUT2D eigenvalue weighted by Crippen LogP contribution is -2.45. The van der Waals surface area contributed by atoms with Gasteiger partial charge in [-0.15, -0.1) is 0 Å². The number of pyridine rings is 1. The lowest BCUT2D eigenvalue weighted by Gasteiger charge is -2.27. The summed E-state index contributed by atoms with van der Waals surface area (Å²) in [5.41, 5.74) is 3.67. The molecule has 2 N–H and O–H groups in total. The van der Waals surface area contributed by atoms with Gasteiger partial charge < -0.3 is 5.32 Å². The van der Waals surface area contributed by atoms with Crippen LogP contribution in [0.25, 0.3) is 23.1 Å². The minimum absolute atomic E-state index is 0.148. The van der Waals surface area contributed by atoms with E-state index in [1.807, 2.05) is 86.7 Å². The van der Waals surface area contributed by atoms with Gasteiger partial charge in [-0.1, -0.05) is 42.1 Å². The number of hydrogen-bond acceptors (Lipinski definition) is 4. The fourth-order valence-electron chi connectivity index (χ4n) is 4.25. The van der Waals surface area contributed by atoms with Gasteiger partial charge in [0, 0.05) is 26.9 Å². The lowest BCUT2D eigenvalue weighted by atomic mass is 9.94. The highest BCUT2D eigenvalue weighted by molar-refractivity contribution is 7.99. The number of hydrogen-bond donors (Lipinski definition) is 2. The van der Waals surface area contributed by atoms with Crippen LogP contribution in [0, 0.1) is 5.82 Å². The lowest BCUT2D eigenvalue weighted by molar-refractivity contribution is 0.0910. The number of nitrogens with one attached hydrogen (secondary N) is 2. The highest BCUT2D eigenvalue weighted by Crippen LogP contribution is 2.33. The Morgan fingerprint density at radius 1 is 1.00 bits per heavy atom. The molecule has 0 fully saturated rings. The minimum atomic E-state index is -0.513. The number of H-pyrrole nitrogens is 1. The van der Waals surface area contributed by atoms with Crippen molar-refractivity contribution in [1.82, 2.24) is 20.5 Å². The van der Waals surface area contributed by atoms with Crippen LogP contribution in [0.3, 0.4) is 0 Å². The summed E-state index contributed by atoms with van der Waals surface area (Å²) >= 11 is 1.53. The summed E-state index contributed by atoms with van der Waals surface area (Å²) in [4.78, 5) is 19.5. The van der Waals surface area contributed by atoms with E-state index >= 15 is 0 Å². The summed E-state index contributed by atoms with van der Waals surface area (Å²) in [6.45, 7) is 3.94. The summed E-state index contributed by atoms with van der Waals surface area (Å²) in [5, 5.41) is 11.7. The molecular formula is C31H27FN4OS. The topological polar surface area (TPSA) is 70.7 Å². The van der Waals surface area contributed by atoms with Gasteiger partial charge in [-0.3, -0.25) is 14.9 Å². The molecule has 0 bridgehead atoms. The number of aromatic nitrogens is 3. The first-order chi connectivity index (χ1) is 18.4. The Bertz CT molecular complexity index is 1590. The van der Waals surface area contributed by atoms with Crippen LogP contribution in [0.5, 0.6) is 0 Å². The van der Waals surface area contributed by atoms with Crippen molar-refractivity contribution in [3.05, 3.63) is 119 Å². The molecule has 0 aliphatic rings. The summed E-state index contributed by atoms with van der Waals surface area (Å²) < 4.78 is 13.3. The second kappa shape index (κ2) is 11.0. The Kier molecular flexibility index (Phi) is 7.38. The average molecular weight is 523 g/mol. The fourth-order valence-corrected chi connectivity index (χ4v) is 5.24. The van der Waals surface area contributed by atoms with Crippen LogP contribution in [0.4, 0.5) is 4.39 Å². The first kappa shape index (κ1) is 25.4. The predicted octanol–water partition coefficient (Wildman–Crippen LogP) is 7.17.